The molecule has 5 heteroatoms. The first-order valence-electron chi connectivity index (χ1n) is 9.38. The lowest BCUT2D eigenvalue weighted by Gasteiger charge is -2.20. The molecule has 3 aromatic rings. The van der Waals surface area contributed by atoms with Gasteiger partial charge >= 0.3 is 0 Å². The molecule has 1 fully saturated rings. The van der Waals surface area contributed by atoms with Crippen molar-refractivity contribution in [2.75, 3.05) is 27.3 Å². The number of nitrogens with zero attached hydrogens (tertiary/aromatic N) is 1. The third-order valence-electron chi connectivity index (χ3n) is 5.19. The molecule has 140 valence electrons. The number of benzene rings is 2. The summed E-state index contributed by atoms with van der Waals surface area (Å²) >= 11 is 0. The Morgan fingerprint density at radius 1 is 0.815 bits per heavy atom. The molecule has 1 saturated heterocycles. The average Bonchev–Trinajstić information content (AvgIpc) is 3.20. The number of imidazole rings is 1. The zero-order valence-corrected chi connectivity index (χ0v) is 15.8. The molecule has 1 aliphatic heterocycles. The van der Waals surface area contributed by atoms with E-state index in [4.69, 9.17) is 14.5 Å². The van der Waals surface area contributed by atoms with E-state index in [0.29, 0.717) is 5.92 Å². The van der Waals surface area contributed by atoms with Crippen molar-refractivity contribution < 1.29 is 9.47 Å². The molecule has 1 aromatic heterocycles. The summed E-state index contributed by atoms with van der Waals surface area (Å²) in [5, 5.41) is 3.43. The van der Waals surface area contributed by atoms with Gasteiger partial charge in [0, 0.05) is 17.0 Å². The van der Waals surface area contributed by atoms with Gasteiger partial charge in [0.05, 0.1) is 25.6 Å². The third kappa shape index (κ3) is 3.69. The predicted molar refractivity (Wildman–Crippen MR) is 107 cm³/mol. The second kappa shape index (κ2) is 7.84. The zero-order valence-electron chi connectivity index (χ0n) is 15.8. The Labute approximate surface area is 159 Å². The Hall–Kier alpha value is -2.79. The molecular weight excluding hydrogens is 338 g/mol. The Bertz CT molecular complexity index is 814. The Balaban J connectivity index is 1.77. The van der Waals surface area contributed by atoms with Crippen LogP contribution in [0.25, 0.3) is 22.5 Å². The van der Waals surface area contributed by atoms with Crippen LogP contribution in [-0.2, 0) is 0 Å². The number of rotatable bonds is 5. The summed E-state index contributed by atoms with van der Waals surface area (Å²) in [7, 11) is 3.37. The highest BCUT2D eigenvalue weighted by molar-refractivity contribution is 5.79. The summed E-state index contributed by atoms with van der Waals surface area (Å²) in [6.07, 6.45) is 2.22. The molecule has 0 spiro atoms. The molecule has 5 nitrogen and oxygen atoms in total. The van der Waals surface area contributed by atoms with Crippen LogP contribution >= 0.6 is 0 Å². The normalized spacial score (nSPS) is 14.9. The van der Waals surface area contributed by atoms with Crippen molar-refractivity contribution in [2.45, 2.75) is 18.8 Å². The highest BCUT2D eigenvalue weighted by Gasteiger charge is 2.22. The van der Waals surface area contributed by atoms with Gasteiger partial charge in [-0.15, -0.1) is 0 Å². The van der Waals surface area contributed by atoms with Gasteiger partial charge in [0.25, 0.3) is 0 Å². The molecule has 27 heavy (non-hydrogen) atoms. The maximum absolute atomic E-state index is 5.30. The van der Waals surface area contributed by atoms with Crippen molar-refractivity contribution in [3.05, 3.63) is 54.4 Å². The predicted octanol–water partition coefficient (Wildman–Crippen LogP) is 4.23. The maximum Gasteiger partial charge on any atom is 0.118 e. The molecule has 2 heterocycles. The fourth-order valence-corrected chi connectivity index (χ4v) is 3.60. The molecule has 2 aromatic carbocycles. The molecular formula is C22H25N3O2. The van der Waals surface area contributed by atoms with Crippen LogP contribution in [0.15, 0.2) is 48.5 Å². The van der Waals surface area contributed by atoms with Gasteiger partial charge in [-0.1, -0.05) is 0 Å². The topological polar surface area (TPSA) is 59.2 Å². The second-order valence-corrected chi connectivity index (χ2v) is 6.83. The molecule has 0 amide bonds. The van der Waals surface area contributed by atoms with Crippen molar-refractivity contribution in [2.24, 2.45) is 0 Å². The monoisotopic (exact) mass is 363 g/mol. The van der Waals surface area contributed by atoms with E-state index in [9.17, 15) is 0 Å². The molecule has 2 N–H and O–H groups in total. The lowest BCUT2D eigenvalue weighted by atomic mass is 9.98. The molecule has 4 rings (SSSR count). The van der Waals surface area contributed by atoms with E-state index in [1.54, 1.807) is 14.2 Å². The van der Waals surface area contributed by atoms with Crippen molar-refractivity contribution >= 4 is 0 Å². The summed E-state index contributed by atoms with van der Waals surface area (Å²) in [5.41, 5.74) is 4.22. The van der Waals surface area contributed by atoms with Crippen LogP contribution in [-0.4, -0.2) is 37.3 Å². The third-order valence-corrected chi connectivity index (χ3v) is 5.19. The van der Waals surface area contributed by atoms with Crippen LogP contribution < -0.4 is 14.8 Å². The standard InChI is InChI=1S/C22H25N3O2/c1-26-18-7-3-15(4-8-18)20-21(16-5-9-19(27-2)10-6-16)25-22(24-20)17-11-13-23-14-12-17/h3-10,17,23H,11-14H2,1-2H3,(H,24,25). The fourth-order valence-electron chi connectivity index (χ4n) is 3.60. The number of ether oxygens (including phenoxy) is 2. The zero-order chi connectivity index (χ0) is 18.6. The van der Waals surface area contributed by atoms with Gasteiger partial charge in [-0.3, -0.25) is 0 Å². The van der Waals surface area contributed by atoms with Crippen LogP contribution in [0.2, 0.25) is 0 Å². The molecule has 0 aliphatic carbocycles. The first-order chi connectivity index (χ1) is 13.3. The summed E-state index contributed by atoms with van der Waals surface area (Å²) in [5.74, 6) is 3.24. The molecule has 0 atom stereocenters. The van der Waals surface area contributed by atoms with Gasteiger partial charge in [0.15, 0.2) is 0 Å². The van der Waals surface area contributed by atoms with E-state index < -0.39 is 0 Å². The SMILES string of the molecule is COc1ccc(-c2nc(C3CCNCC3)[nH]c2-c2ccc(OC)cc2)cc1. The number of piperidine rings is 1. The molecule has 0 radical (unpaired) electrons. The second-order valence-electron chi connectivity index (χ2n) is 6.83. The van der Waals surface area contributed by atoms with Gasteiger partial charge in [-0.05, 0) is 74.5 Å². The Kier molecular flexibility index (Phi) is 5.12. The van der Waals surface area contributed by atoms with Crippen molar-refractivity contribution in [3.63, 3.8) is 0 Å². The number of aromatic nitrogens is 2. The number of hydrogen-bond acceptors (Lipinski definition) is 4. The molecule has 1 aliphatic rings. The van der Waals surface area contributed by atoms with Crippen LogP contribution in [0, 0.1) is 0 Å². The van der Waals surface area contributed by atoms with Gasteiger partial charge < -0.3 is 19.8 Å². The lowest BCUT2D eigenvalue weighted by Crippen LogP contribution is -2.27. The molecule has 0 unspecified atom stereocenters. The number of H-pyrrole nitrogens is 1. The van der Waals surface area contributed by atoms with E-state index in [-0.39, 0.29) is 0 Å². The smallest absolute Gasteiger partial charge is 0.118 e. The van der Waals surface area contributed by atoms with Crippen LogP contribution in [0.5, 0.6) is 11.5 Å². The maximum atomic E-state index is 5.30. The number of aromatic amines is 1. The number of nitrogens with one attached hydrogen (secondary N) is 2. The van der Waals surface area contributed by atoms with E-state index in [0.717, 1.165) is 65.8 Å². The largest absolute Gasteiger partial charge is 0.497 e. The van der Waals surface area contributed by atoms with E-state index >= 15 is 0 Å². The Morgan fingerprint density at radius 3 is 1.93 bits per heavy atom. The number of methoxy groups -OCH3 is 2. The van der Waals surface area contributed by atoms with Crippen LogP contribution in [0.4, 0.5) is 0 Å². The lowest BCUT2D eigenvalue weighted by molar-refractivity contribution is 0.414. The summed E-state index contributed by atoms with van der Waals surface area (Å²) in [6.45, 7) is 2.09. The van der Waals surface area contributed by atoms with Crippen LogP contribution in [0.1, 0.15) is 24.6 Å². The van der Waals surface area contributed by atoms with Crippen molar-refractivity contribution in [1.82, 2.24) is 15.3 Å². The van der Waals surface area contributed by atoms with Gasteiger partial charge in [-0.25, -0.2) is 4.98 Å². The summed E-state index contributed by atoms with van der Waals surface area (Å²) < 4.78 is 10.6. The van der Waals surface area contributed by atoms with Crippen molar-refractivity contribution in [3.8, 4) is 34.0 Å². The summed E-state index contributed by atoms with van der Waals surface area (Å²) in [4.78, 5) is 8.64. The molecule has 0 bridgehead atoms. The van der Waals surface area contributed by atoms with Gasteiger partial charge in [0.1, 0.15) is 17.3 Å². The Morgan fingerprint density at radius 2 is 1.37 bits per heavy atom. The fraction of sp³-hybridized carbons (Fsp3) is 0.318. The highest BCUT2D eigenvalue weighted by atomic mass is 16.5. The first kappa shape index (κ1) is 17.6. The van der Waals surface area contributed by atoms with E-state index in [2.05, 4.69) is 34.6 Å². The number of hydrogen-bond donors (Lipinski definition) is 2. The molecule has 0 saturated carbocycles. The highest BCUT2D eigenvalue weighted by Crippen LogP contribution is 2.35. The van der Waals surface area contributed by atoms with E-state index in [1.807, 2.05) is 24.3 Å². The minimum absolute atomic E-state index is 0.468. The average molecular weight is 363 g/mol. The minimum atomic E-state index is 0.468. The van der Waals surface area contributed by atoms with Crippen molar-refractivity contribution in [1.29, 1.82) is 0 Å². The first-order valence-corrected chi connectivity index (χ1v) is 9.38. The summed E-state index contributed by atoms with van der Waals surface area (Å²) in [6, 6.07) is 16.2. The van der Waals surface area contributed by atoms with Crippen LogP contribution in [0.3, 0.4) is 0 Å². The van der Waals surface area contributed by atoms with Gasteiger partial charge in [-0.2, -0.15) is 0 Å². The van der Waals surface area contributed by atoms with E-state index in [1.165, 1.54) is 0 Å². The quantitative estimate of drug-likeness (QED) is 0.712. The van der Waals surface area contributed by atoms with Gasteiger partial charge in [0.2, 0.25) is 0 Å². The minimum Gasteiger partial charge on any atom is -0.497 e.